The van der Waals surface area contributed by atoms with E-state index in [1.54, 1.807) is 0 Å². The third kappa shape index (κ3) is 3.11. The molecule has 1 spiro atoms. The average molecular weight is 449 g/mol. The highest BCUT2D eigenvalue weighted by molar-refractivity contribution is 6.69. The molecule has 174 valence electrons. The van der Waals surface area contributed by atoms with Gasteiger partial charge in [-0.25, -0.2) is 0 Å². The molecule has 4 fully saturated rings. The number of methoxy groups -OCH3 is 2. The second kappa shape index (κ2) is 7.18. The van der Waals surface area contributed by atoms with E-state index in [-0.39, 0.29) is 40.7 Å². The van der Waals surface area contributed by atoms with E-state index in [0.717, 1.165) is 38.5 Å². The lowest BCUT2D eigenvalue weighted by molar-refractivity contribution is -0.170. The summed E-state index contributed by atoms with van der Waals surface area (Å²) < 4.78 is 17.5. The van der Waals surface area contributed by atoms with Crippen molar-refractivity contribution in [2.24, 2.45) is 39.9 Å². The van der Waals surface area contributed by atoms with Crippen LogP contribution in [0.2, 0.25) is 19.6 Å². The maximum absolute atomic E-state index is 13.4. The Labute approximate surface area is 188 Å². The van der Waals surface area contributed by atoms with Crippen LogP contribution in [0.4, 0.5) is 0 Å². The van der Waals surface area contributed by atoms with Crippen LogP contribution in [0.25, 0.3) is 0 Å². The molecule has 0 aromatic heterocycles. The zero-order valence-corrected chi connectivity index (χ0v) is 21.4. The topological polar surface area (TPSA) is 61.8 Å². The molecule has 0 radical (unpaired) electrons. The van der Waals surface area contributed by atoms with Gasteiger partial charge in [0.05, 0.1) is 31.7 Å². The van der Waals surface area contributed by atoms with E-state index >= 15 is 0 Å². The number of hydrogen-bond acceptors (Lipinski definition) is 5. The number of fused-ring (bicyclic) bond motifs is 3. The fourth-order valence-corrected chi connectivity index (χ4v) is 9.91. The van der Waals surface area contributed by atoms with Crippen LogP contribution in [0.3, 0.4) is 0 Å². The number of carbonyl (C=O) groups is 2. The van der Waals surface area contributed by atoms with E-state index in [4.69, 9.17) is 13.9 Å². The summed E-state index contributed by atoms with van der Waals surface area (Å²) in [6.07, 6.45) is 5.65. The maximum Gasteiger partial charge on any atom is 0.311 e. The summed E-state index contributed by atoms with van der Waals surface area (Å²) in [5.41, 5.74) is 0.229. The Morgan fingerprint density at radius 1 is 1.10 bits per heavy atom. The summed E-state index contributed by atoms with van der Waals surface area (Å²) in [5, 5.41) is 0. The lowest BCUT2D eigenvalue weighted by atomic mass is 9.53. The number of rotatable bonds is 4. The smallest absolute Gasteiger partial charge is 0.311 e. The first-order chi connectivity index (χ1) is 14.3. The Hall–Kier alpha value is -1.14. The van der Waals surface area contributed by atoms with Crippen LogP contribution in [-0.2, 0) is 23.5 Å². The molecule has 4 aliphatic rings. The Morgan fingerprint density at radius 3 is 2.35 bits per heavy atom. The lowest BCUT2D eigenvalue weighted by Crippen LogP contribution is -2.51. The van der Waals surface area contributed by atoms with E-state index in [1.165, 1.54) is 19.8 Å². The molecule has 5 nitrogen and oxygen atoms in total. The standard InChI is InChI=1S/C25H40O5Si/c1-15-13-25-14-16(15)17(30-31(6,7)8)12-18(25)23(2)10-9-11-24(3,22(27)29-5)20(23)19(25)21(26)28-4/h16-20H,1,9-14H2,2-8H3/t16?,17-,18-,19+,20-,23-,24+,25-/m1/s1. The molecular formula is C25H40O5Si. The molecule has 6 heteroatoms. The first kappa shape index (κ1) is 23.0. The summed E-state index contributed by atoms with van der Waals surface area (Å²) in [5.74, 6) is -0.120. The van der Waals surface area contributed by atoms with Gasteiger partial charge in [-0.15, -0.1) is 0 Å². The number of ether oxygens (including phenoxy) is 2. The van der Waals surface area contributed by atoms with E-state index < -0.39 is 13.7 Å². The highest BCUT2D eigenvalue weighted by atomic mass is 28.4. The van der Waals surface area contributed by atoms with Crippen LogP contribution in [0.15, 0.2) is 12.2 Å². The quantitative estimate of drug-likeness (QED) is 0.345. The third-order valence-corrected chi connectivity index (χ3v) is 10.5. The minimum Gasteiger partial charge on any atom is -0.469 e. The fraction of sp³-hybridized carbons (Fsp3) is 0.840. The summed E-state index contributed by atoms with van der Waals surface area (Å²) in [4.78, 5) is 26.6. The van der Waals surface area contributed by atoms with Crippen molar-refractivity contribution in [2.75, 3.05) is 14.2 Å². The maximum atomic E-state index is 13.4. The number of esters is 2. The third-order valence-electron chi connectivity index (χ3n) is 9.46. The highest BCUT2D eigenvalue weighted by Crippen LogP contribution is 2.78. The van der Waals surface area contributed by atoms with Crippen molar-refractivity contribution < 1.29 is 23.5 Å². The van der Waals surface area contributed by atoms with E-state index in [2.05, 4.69) is 33.1 Å². The molecule has 4 saturated carbocycles. The van der Waals surface area contributed by atoms with Crippen molar-refractivity contribution in [2.45, 2.75) is 78.1 Å². The SMILES string of the molecule is C=C1C[C@@]23CC1[C@H](O[Si](C)(C)C)C[C@@H]2[C@@]1(C)CCC[C@](C)(C(=O)OC)[C@@H]1[C@H]3C(=O)OC. The first-order valence-corrected chi connectivity index (χ1v) is 15.3. The van der Waals surface area contributed by atoms with Gasteiger partial charge in [-0.3, -0.25) is 9.59 Å². The summed E-state index contributed by atoms with van der Waals surface area (Å²) in [7, 11) is 1.23. The molecule has 0 N–H and O–H groups in total. The van der Waals surface area contributed by atoms with Gasteiger partial charge >= 0.3 is 11.9 Å². The van der Waals surface area contributed by atoms with Gasteiger partial charge in [-0.2, -0.15) is 0 Å². The van der Waals surface area contributed by atoms with E-state index in [9.17, 15) is 9.59 Å². The average Bonchev–Trinajstić information content (AvgIpc) is 3.09. The number of carbonyl (C=O) groups excluding carboxylic acids is 2. The van der Waals surface area contributed by atoms with Crippen molar-refractivity contribution >= 4 is 20.3 Å². The van der Waals surface area contributed by atoms with E-state index in [1.807, 2.05) is 6.92 Å². The molecule has 0 amide bonds. The largest absolute Gasteiger partial charge is 0.469 e. The molecule has 2 bridgehead atoms. The van der Waals surface area contributed by atoms with Crippen LogP contribution in [0, 0.1) is 39.9 Å². The predicted molar refractivity (Wildman–Crippen MR) is 122 cm³/mol. The van der Waals surface area contributed by atoms with Gasteiger partial charge in [0.2, 0.25) is 0 Å². The van der Waals surface area contributed by atoms with Crippen molar-refractivity contribution in [3.05, 3.63) is 12.2 Å². The Bertz CT molecular complexity index is 802. The zero-order chi connectivity index (χ0) is 23.0. The van der Waals surface area contributed by atoms with Crippen LogP contribution in [0.1, 0.15) is 52.4 Å². The summed E-state index contributed by atoms with van der Waals surface area (Å²) >= 11 is 0. The van der Waals surface area contributed by atoms with Gasteiger partial charge in [0.15, 0.2) is 8.32 Å². The molecule has 31 heavy (non-hydrogen) atoms. The molecule has 4 aliphatic carbocycles. The number of hydrogen-bond donors (Lipinski definition) is 0. The molecule has 0 heterocycles. The Balaban J connectivity index is 1.87. The molecule has 4 rings (SSSR count). The van der Waals surface area contributed by atoms with Crippen molar-refractivity contribution in [3.63, 3.8) is 0 Å². The molecule has 0 aromatic carbocycles. The molecule has 0 saturated heterocycles. The minimum atomic E-state index is -1.73. The summed E-state index contributed by atoms with van der Waals surface area (Å²) in [6.45, 7) is 15.6. The zero-order valence-electron chi connectivity index (χ0n) is 20.4. The Morgan fingerprint density at radius 2 is 1.77 bits per heavy atom. The van der Waals surface area contributed by atoms with Crippen LogP contribution < -0.4 is 0 Å². The van der Waals surface area contributed by atoms with Crippen molar-refractivity contribution in [1.82, 2.24) is 0 Å². The van der Waals surface area contributed by atoms with Crippen LogP contribution in [-0.4, -0.2) is 40.6 Å². The van der Waals surface area contributed by atoms with Gasteiger partial charge in [0.1, 0.15) is 0 Å². The van der Waals surface area contributed by atoms with Gasteiger partial charge < -0.3 is 13.9 Å². The van der Waals surface area contributed by atoms with E-state index in [0.29, 0.717) is 11.8 Å². The lowest BCUT2D eigenvalue weighted by Gasteiger charge is -2.51. The van der Waals surface area contributed by atoms with Crippen LogP contribution in [0.5, 0.6) is 0 Å². The second-order valence-corrected chi connectivity index (χ2v) is 16.6. The second-order valence-electron chi connectivity index (χ2n) is 12.2. The summed E-state index contributed by atoms with van der Waals surface area (Å²) in [6, 6.07) is 0. The van der Waals surface area contributed by atoms with Gasteiger partial charge in [0, 0.05) is 5.92 Å². The van der Waals surface area contributed by atoms with Crippen LogP contribution >= 0.6 is 0 Å². The molecule has 0 aliphatic heterocycles. The molecule has 1 unspecified atom stereocenters. The first-order valence-electron chi connectivity index (χ1n) is 11.9. The molecular weight excluding hydrogens is 408 g/mol. The monoisotopic (exact) mass is 448 g/mol. The van der Waals surface area contributed by atoms with Gasteiger partial charge in [-0.05, 0) is 81.3 Å². The van der Waals surface area contributed by atoms with Crippen molar-refractivity contribution in [1.29, 1.82) is 0 Å². The molecule has 8 atom stereocenters. The predicted octanol–water partition coefficient (Wildman–Crippen LogP) is 4.97. The van der Waals surface area contributed by atoms with Crippen molar-refractivity contribution in [3.8, 4) is 0 Å². The minimum absolute atomic E-state index is 0.0872. The normalized spacial score (nSPS) is 46.3. The highest BCUT2D eigenvalue weighted by Gasteiger charge is 2.76. The van der Waals surface area contributed by atoms with Gasteiger partial charge in [-0.1, -0.05) is 25.5 Å². The Kier molecular flexibility index (Phi) is 5.33. The van der Waals surface area contributed by atoms with Gasteiger partial charge in [0.25, 0.3) is 0 Å². The fourth-order valence-electron chi connectivity index (χ4n) is 8.74. The molecule has 0 aromatic rings.